The van der Waals surface area contributed by atoms with Crippen LogP contribution < -0.4 is 5.32 Å². The molecule has 0 fully saturated rings. The van der Waals surface area contributed by atoms with E-state index in [-0.39, 0.29) is 0 Å². The number of hydrogen-bond donors (Lipinski definition) is 1. The highest BCUT2D eigenvalue weighted by atomic mass is 79.9. The Morgan fingerprint density at radius 3 is 2.47 bits per heavy atom. The number of halogens is 1. The molecule has 2 heterocycles. The van der Waals surface area contributed by atoms with Crippen molar-refractivity contribution in [2.24, 2.45) is 0 Å². The van der Waals surface area contributed by atoms with E-state index < -0.39 is 0 Å². The van der Waals surface area contributed by atoms with Gasteiger partial charge < -0.3 is 5.32 Å². The van der Waals surface area contributed by atoms with Crippen molar-refractivity contribution in [2.75, 3.05) is 0 Å². The Morgan fingerprint density at radius 2 is 2.00 bits per heavy atom. The van der Waals surface area contributed by atoms with Crippen LogP contribution in [0.15, 0.2) is 16.6 Å². The van der Waals surface area contributed by atoms with E-state index in [1.54, 1.807) is 4.68 Å². The van der Waals surface area contributed by atoms with E-state index in [0.717, 1.165) is 33.9 Å². The van der Waals surface area contributed by atoms with Gasteiger partial charge in [-0.2, -0.15) is 10.2 Å². The molecule has 2 aromatic heterocycles. The van der Waals surface area contributed by atoms with E-state index in [4.69, 9.17) is 0 Å². The number of aryl methyl sites for hydroxylation is 1. The van der Waals surface area contributed by atoms with Crippen molar-refractivity contribution >= 4 is 15.9 Å². The van der Waals surface area contributed by atoms with Gasteiger partial charge in [-0.3, -0.25) is 0 Å². The van der Waals surface area contributed by atoms with Gasteiger partial charge in [0.2, 0.25) is 0 Å². The maximum absolute atomic E-state index is 4.44. The second kappa shape index (κ2) is 5.79. The van der Waals surface area contributed by atoms with Crippen LogP contribution in [0.4, 0.5) is 0 Å². The lowest BCUT2D eigenvalue weighted by Gasteiger charge is -2.07. The molecule has 2 aromatic rings. The van der Waals surface area contributed by atoms with Crippen LogP contribution in [0.3, 0.4) is 0 Å². The molecule has 0 spiro atoms. The molecule has 0 amide bonds. The van der Waals surface area contributed by atoms with Gasteiger partial charge >= 0.3 is 0 Å². The third-order valence-electron chi connectivity index (χ3n) is 2.82. The Hall–Kier alpha value is -1.27. The zero-order valence-electron chi connectivity index (χ0n) is 11.6. The summed E-state index contributed by atoms with van der Waals surface area (Å²) in [6.07, 6.45) is 0. The Labute approximate surface area is 121 Å². The van der Waals surface area contributed by atoms with Gasteiger partial charge in [-0.15, -0.1) is 5.10 Å². The highest BCUT2D eigenvalue weighted by Crippen LogP contribution is 2.21. The fraction of sp³-hybridized carbons (Fsp3) is 0.462. The number of nitrogens with one attached hydrogen (secondary N) is 1. The largest absolute Gasteiger partial charge is 0.309 e. The van der Waals surface area contributed by atoms with Crippen LogP contribution in [0.25, 0.3) is 5.82 Å². The van der Waals surface area contributed by atoms with E-state index in [0.29, 0.717) is 6.04 Å². The topological polar surface area (TPSA) is 55.6 Å². The minimum Gasteiger partial charge on any atom is -0.309 e. The average Bonchev–Trinajstić information content (AvgIpc) is 2.65. The summed E-state index contributed by atoms with van der Waals surface area (Å²) < 4.78 is 2.81. The first kappa shape index (κ1) is 14.1. The first-order valence-electron chi connectivity index (χ1n) is 6.27. The van der Waals surface area contributed by atoms with E-state index >= 15 is 0 Å². The summed E-state index contributed by atoms with van der Waals surface area (Å²) >= 11 is 3.51. The van der Waals surface area contributed by atoms with Crippen LogP contribution >= 0.6 is 15.9 Å². The van der Waals surface area contributed by atoms with Gasteiger partial charge in [-0.05, 0) is 41.9 Å². The molecule has 0 aliphatic heterocycles. The van der Waals surface area contributed by atoms with Crippen LogP contribution in [0, 0.1) is 13.8 Å². The maximum Gasteiger partial charge on any atom is 0.175 e. The summed E-state index contributed by atoms with van der Waals surface area (Å²) in [7, 11) is 0. The number of nitrogens with zero attached hydrogens (tertiary/aromatic N) is 4. The molecule has 5 nitrogen and oxygen atoms in total. The predicted octanol–water partition coefficient (Wildman–Crippen LogP) is 2.54. The summed E-state index contributed by atoms with van der Waals surface area (Å²) in [6, 6.07) is 4.35. The molecule has 0 unspecified atom stereocenters. The molecule has 102 valence electrons. The quantitative estimate of drug-likeness (QED) is 0.939. The SMILES string of the molecule is Cc1nn(-c2ccc(CNC(C)C)nn2)c(C)c1Br. The smallest absolute Gasteiger partial charge is 0.175 e. The van der Waals surface area contributed by atoms with Gasteiger partial charge in [0.1, 0.15) is 0 Å². The van der Waals surface area contributed by atoms with Gasteiger partial charge in [0.05, 0.1) is 21.6 Å². The van der Waals surface area contributed by atoms with Gasteiger partial charge in [0.25, 0.3) is 0 Å². The minimum absolute atomic E-state index is 0.438. The van der Waals surface area contributed by atoms with Crippen molar-refractivity contribution in [1.82, 2.24) is 25.3 Å². The van der Waals surface area contributed by atoms with Crippen molar-refractivity contribution in [2.45, 2.75) is 40.3 Å². The molecule has 0 aromatic carbocycles. The standard InChI is InChI=1S/C13H18BrN5/c1-8(2)15-7-11-5-6-12(17-16-11)19-10(4)13(14)9(3)18-19/h5-6,8,15H,7H2,1-4H3. The molecule has 0 radical (unpaired) electrons. The third kappa shape index (κ3) is 3.19. The van der Waals surface area contributed by atoms with Crippen LogP contribution in [0.2, 0.25) is 0 Å². The van der Waals surface area contributed by atoms with Crippen LogP contribution in [0.5, 0.6) is 0 Å². The van der Waals surface area contributed by atoms with E-state index in [9.17, 15) is 0 Å². The molecule has 0 bridgehead atoms. The number of rotatable bonds is 4. The molecule has 0 saturated carbocycles. The summed E-state index contributed by atoms with van der Waals surface area (Å²) in [5.74, 6) is 0.736. The van der Waals surface area contributed by atoms with Gasteiger partial charge in [-0.1, -0.05) is 13.8 Å². The van der Waals surface area contributed by atoms with Crippen molar-refractivity contribution in [3.63, 3.8) is 0 Å². The van der Waals surface area contributed by atoms with E-state index in [2.05, 4.69) is 50.4 Å². The third-order valence-corrected chi connectivity index (χ3v) is 3.96. The normalized spacial score (nSPS) is 11.3. The average molecular weight is 324 g/mol. The van der Waals surface area contributed by atoms with Gasteiger partial charge in [0, 0.05) is 12.6 Å². The first-order valence-corrected chi connectivity index (χ1v) is 7.06. The Kier molecular flexibility index (Phi) is 4.31. The predicted molar refractivity (Wildman–Crippen MR) is 78.3 cm³/mol. The van der Waals surface area contributed by atoms with Crippen molar-refractivity contribution in [1.29, 1.82) is 0 Å². The second-order valence-corrected chi connectivity index (χ2v) is 5.61. The summed E-state index contributed by atoms with van der Waals surface area (Å²) in [6.45, 7) is 8.90. The lowest BCUT2D eigenvalue weighted by molar-refractivity contribution is 0.576. The van der Waals surface area contributed by atoms with Gasteiger partial charge in [-0.25, -0.2) is 4.68 Å². The Bertz CT molecular complexity index is 559. The van der Waals surface area contributed by atoms with Gasteiger partial charge in [0.15, 0.2) is 5.82 Å². The molecule has 0 saturated heterocycles. The highest BCUT2D eigenvalue weighted by molar-refractivity contribution is 9.10. The van der Waals surface area contributed by atoms with E-state index in [1.165, 1.54) is 0 Å². The van der Waals surface area contributed by atoms with Crippen molar-refractivity contribution in [3.05, 3.63) is 33.7 Å². The monoisotopic (exact) mass is 323 g/mol. The number of hydrogen-bond acceptors (Lipinski definition) is 4. The highest BCUT2D eigenvalue weighted by Gasteiger charge is 2.11. The first-order chi connectivity index (χ1) is 8.99. The zero-order valence-corrected chi connectivity index (χ0v) is 13.2. The molecule has 19 heavy (non-hydrogen) atoms. The molecule has 6 heteroatoms. The number of aromatic nitrogens is 4. The summed E-state index contributed by atoms with van der Waals surface area (Å²) in [4.78, 5) is 0. The molecule has 0 aliphatic rings. The lowest BCUT2D eigenvalue weighted by Crippen LogP contribution is -2.22. The fourth-order valence-electron chi connectivity index (χ4n) is 1.72. The molecule has 2 rings (SSSR count). The summed E-state index contributed by atoms with van der Waals surface area (Å²) in [5.41, 5.74) is 2.91. The molecule has 0 atom stereocenters. The Balaban J connectivity index is 2.20. The zero-order chi connectivity index (χ0) is 14.0. The summed E-state index contributed by atoms with van der Waals surface area (Å²) in [5, 5.41) is 16.2. The molecular formula is C13H18BrN5. The molecule has 1 N–H and O–H groups in total. The van der Waals surface area contributed by atoms with E-state index in [1.807, 2.05) is 26.0 Å². The van der Waals surface area contributed by atoms with Crippen molar-refractivity contribution < 1.29 is 0 Å². The van der Waals surface area contributed by atoms with Crippen LogP contribution in [-0.2, 0) is 6.54 Å². The lowest BCUT2D eigenvalue weighted by atomic mass is 10.3. The molecular weight excluding hydrogens is 306 g/mol. The fourth-order valence-corrected chi connectivity index (χ4v) is 1.96. The Morgan fingerprint density at radius 1 is 1.26 bits per heavy atom. The minimum atomic E-state index is 0.438. The van der Waals surface area contributed by atoms with Crippen molar-refractivity contribution in [3.8, 4) is 5.82 Å². The molecule has 0 aliphatic carbocycles. The second-order valence-electron chi connectivity index (χ2n) is 4.82. The van der Waals surface area contributed by atoms with Crippen LogP contribution in [0.1, 0.15) is 30.9 Å². The van der Waals surface area contributed by atoms with Crippen LogP contribution in [-0.4, -0.2) is 26.0 Å². The maximum atomic E-state index is 4.44.